The summed E-state index contributed by atoms with van der Waals surface area (Å²) in [5.74, 6) is -0.0784. The molecule has 1 rings (SSSR count). The summed E-state index contributed by atoms with van der Waals surface area (Å²) in [5, 5.41) is 15.8. The number of carboxylic acids is 1. The van der Waals surface area contributed by atoms with Crippen LogP contribution in [-0.4, -0.2) is 33.2 Å². The van der Waals surface area contributed by atoms with Crippen molar-refractivity contribution < 1.29 is 14.5 Å². The van der Waals surface area contributed by atoms with Crippen LogP contribution in [0.15, 0.2) is 4.63 Å². The molecule has 1 unspecified atom stereocenters. The van der Waals surface area contributed by atoms with E-state index in [1.807, 2.05) is 0 Å². The first-order chi connectivity index (χ1) is 6.61. The molecule has 0 aliphatic rings. The maximum atomic E-state index is 10.4. The molecule has 0 spiro atoms. The number of nitrogens with two attached hydrogens (primary N) is 1. The van der Waals surface area contributed by atoms with Gasteiger partial charge >= 0.3 is 5.97 Å². The summed E-state index contributed by atoms with van der Waals surface area (Å²) in [6.07, 6.45) is 0. The van der Waals surface area contributed by atoms with Gasteiger partial charge in [0.2, 0.25) is 0 Å². The summed E-state index contributed by atoms with van der Waals surface area (Å²) in [6.45, 7) is 1.78. The van der Waals surface area contributed by atoms with Gasteiger partial charge in [-0.1, -0.05) is 10.3 Å². The molecule has 0 aliphatic carbocycles. The summed E-state index contributed by atoms with van der Waals surface area (Å²) in [7, 11) is 0. The van der Waals surface area contributed by atoms with Gasteiger partial charge in [-0.25, -0.2) is 4.63 Å². The van der Waals surface area contributed by atoms with Gasteiger partial charge in [-0.3, -0.25) is 4.79 Å². The number of thioether (sulfide) groups is 1. The maximum Gasteiger partial charge on any atom is 0.321 e. The number of aromatic nitrogens is 2. The highest BCUT2D eigenvalue weighted by Gasteiger charge is 2.12. The van der Waals surface area contributed by atoms with Crippen molar-refractivity contribution >= 4 is 17.7 Å². The molecule has 0 aliphatic heterocycles. The van der Waals surface area contributed by atoms with Crippen molar-refractivity contribution in [3.05, 3.63) is 11.4 Å². The van der Waals surface area contributed by atoms with Crippen LogP contribution in [0, 0.1) is 6.92 Å². The molecule has 0 saturated carbocycles. The maximum absolute atomic E-state index is 10.4. The second-order valence-electron chi connectivity index (χ2n) is 2.76. The van der Waals surface area contributed by atoms with Crippen molar-refractivity contribution in [3.63, 3.8) is 0 Å². The first-order valence-electron chi connectivity index (χ1n) is 3.95. The Labute approximate surface area is 84.8 Å². The first kappa shape index (κ1) is 11.0. The smallest absolute Gasteiger partial charge is 0.321 e. The van der Waals surface area contributed by atoms with E-state index in [1.165, 1.54) is 11.8 Å². The van der Waals surface area contributed by atoms with Gasteiger partial charge in [0.1, 0.15) is 17.4 Å². The highest BCUT2D eigenvalue weighted by molar-refractivity contribution is 7.98. The number of rotatable bonds is 5. The minimum Gasteiger partial charge on any atom is -0.480 e. The zero-order chi connectivity index (χ0) is 10.6. The van der Waals surface area contributed by atoms with Crippen LogP contribution in [-0.2, 0) is 10.5 Å². The Morgan fingerprint density at radius 3 is 2.93 bits per heavy atom. The fraction of sp³-hybridized carbons (Fsp3) is 0.571. The molecule has 1 atom stereocenters. The number of carbonyl (C=O) groups is 1. The number of aliphatic carboxylic acids is 1. The van der Waals surface area contributed by atoms with E-state index in [1.54, 1.807) is 6.92 Å². The van der Waals surface area contributed by atoms with Gasteiger partial charge in [0.25, 0.3) is 0 Å². The van der Waals surface area contributed by atoms with E-state index in [2.05, 4.69) is 14.9 Å². The van der Waals surface area contributed by atoms with Gasteiger partial charge in [-0.15, -0.1) is 0 Å². The van der Waals surface area contributed by atoms with Gasteiger partial charge in [-0.2, -0.15) is 11.8 Å². The molecule has 0 amide bonds. The number of hydrogen-bond donors (Lipinski definition) is 2. The molecule has 0 aromatic carbocycles. The Bertz CT molecular complexity index is 315. The molecule has 7 heteroatoms. The van der Waals surface area contributed by atoms with Gasteiger partial charge in [0.15, 0.2) is 0 Å². The number of carboxylic acid groups (broad SMARTS) is 1. The largest absolute Gasteiger partial charge is 0.480 e. The predicted molar refractivity (Wildman–Crippen MR) is 50.8 cm³/mol. The molecule has 3 N–H and O–H groups in total. The lowest BCUT2D eigenvalue weighted by Gasteiger charge is -2.03. The lowest BCUT2D eigenvalue weighted by molar-refractivity contribution is -0.137. The Hall–Kier alpha value is -1.08. The average molecular weight is 217 g/mol. The summed E-state index contributed by atoms with van der Waals surface area (Å²) in [4.78, 5) is 10.4. The fourth-order valence-corrected chi connectivity index (χ4v) is 1.70. The van der Waals surface area contributed by atoms with Crippen molar-refractivity contribution in [3.8, 4) is 0 Å². The van der Waals surface area contributed by atoms with Crippen LogP contribution in [0.4, 0.5) is 0 Å². The average Bonchev–Trinajstić information content (AvgIpc) is 2.51. The second kappa shape index (κ2) is 4.97. The normalized spacial score (nSPS) is 12.7. The number of aryl methyl sites for hydroxylation is 1. The van der Waals surface area contributed by atoms with Gasteiger partial charge in [-0.05, 0) is 6.92 Å². The van der Waals surface area contributed by atoms with Crippen LogP contribution in [0.1, 0.15) is 11.4 Å². The first-order valence-corrected chi connectivity index (χ1v) is 5.11. The van der Waals surface area contributed by atoms with Crippen LogP contribution in [0.25, 0.3) is 0 Å². The van der Waals surface area contributed by atoms with Gasteiger partial charge < -0.3 is 10.8 Å². The lowest BCUT2D eigenvalue weighted by atomic mass is 10.4. The zero-order valence-electron chi connectivity index (χ0n) is 7.64. The highest BCUT2D eigenvalue weighted by Crippen LogP contribution is 2.12. The van der Waals surface area contributed by atoms with Gasteiger partial charge in [0, 0.05) is 11.5 Å². The van der Waals surface area contributed by atoms with E-state index in [0.29, 0.717) is 11.5 Å². The van der Waals surface area contributed by atoms with E-state index in [4.69, 9.17) is 10.8 Å². The Kier molecular flexibility index (Phi) is 3.90. The van der Waals surface area contributed by atoms with Crippen molar-refractivity contribution in [1.29, 1.82) is 0 Å². The topological polar surface area (TPSA) is 102 Å². The monoisotopic (exact) mass is 217 g/mol. The standard InChI is InChI=1S/C7H11N3O3S/c1-4-6(10-13-9-4)3-14-2-5(8)7(11)12/h5H,2-3,8H2,1H3,(H,11,12). The highest BCUT2D eigenvalue weighted by atomic mass is 32.2. The molecule has 0 saturated heterocycles. The van der Waals surface area contributed by atoms with Crippen molar-refractivity contribution in [2.45, 2.75) is 18.7 Å². The number of hydrogen-bond acceptors (Lipinski definition) is 6. The SMILES string of the molecule is Cc1nonc1CSCC(N)C(=O)O. The third-order valence-corrected chi connectivity index (χ3v) is 2.67. The lowest BCUT2D eigenvalue weighted by Crippen LogP contribution is -2.32. The third-order valence-electron chi connectivity index (χ3n) is 1.60. The molecular weight excluding hydrogens is 206 g/mol. The van der Waals surface area contributed by atoms with E-state index in [9.17, 15) is 4.79 Å². The van der Waals surface area contributed by atoms with Crippen LogP contribution >= 0.6 is 11.8 Å². The minimum absolute atomic E-state index is 0.349. The molecule has 0 radical (unpaired) electrons. The van der Waals surface area contributed by atoms with E-state index in [-0.39, 0.29) is 0 Å². The molecule has 14 heavy (non-hydrogen) atoms. The second-order valence-corrected chi connectivity index (χ2v) is 3.79. The summed E-state index contributed by atoms with van der Waals surface area (Å²) >= 11 is 1.39. The van der Waals surface area contributed by atoms with Crippen LogP contribution in [0.2, 0.25) is 0 Å². The molecule has 6 nitrogen and oxygen atoms in total. The molecule has 78 valence electrons. The molecular formula is C7H11N3O3S. The van der Waals surface area contributed by atoms with E-state index >= 15 is 0 Å². The molecule has 0 fully saturated rings. The van der Waals surface area contributed by atoms with Crippen molar-refractivity contribution in [1.82, 2.24) is 10.3 Å². The minimum atomic E-state index is -0.993. The fourth-order valence-electron chi connectivity index (χ4n) is 0.734. The Morgan fingerprint density at radius 1 is 1.71 bits per heavy atom. The Morgan fingerprint density at radius 2 is 2.43 bits per heavy atom. The van der Waals surface area contributed by atoms with E-state index < -0.39 is 12.0 Å². The zero-order valence-corrected chi connectivity index (χ0v) is 8.45. The molecule has 1 aromatic rings. The predicted octanol–water partition coefficient (Wildman–Crippen LogP) is 0.0231. The van der Waals surface area contributed by atoms with E-state index in [0.717, 1.165) is 11.4 Å². The summed E-state index contributed by atoms with van der Waals surface area (Å²) < 4.78 is 4.49. The molecule has 1 heterocycles. The number of nitrogens with zero attached hydrogens (tertiary/aromatic N) is 2. The molecule has 1 aromatic heterocycles. The van der Waals surface area contributed by atoms with Crippen LogP contribution in [0.5, 0.6) is 0 Å². The van der Waals surface area contributed by atoms with Crippen LogP contribution < -0.4 is 5.73 Å². The van der Waals surface area contributed by atoms with Gasteiger partial charge in [0.05, 0.1) is 0 Å². The van der Waals surface area contributed by atoms with Crippen molar-refractivity contribution in [2.75, 3.05) is 5.75 Å². The summed E-state index contributed by atoms with van der Waals surface area (Å²) in [5.41, 5.74) is 6.77. The quantitative estimate of drug-likeness (QED) is 0.716. The molecule has 0 bridgehead atoms. The Balaban J connectivity index is 2.29. The summed E-state index contributed by atoms with van der Waals surface area (Å²) in [6, 6.07) is -0.833. The third kappa shape index (κ3) is 3.00. The van der Waals surface area contributed by atoms with Crippen molar-refractivity contribution in [2.24, 2.45) is 5.73 Å². The van der Waals surface area contributed by atoms with Crippen LogP contribution in [0.3, 0.4) is 0 Å².